The average molecular weight is 465 g/mol. The highest BCUT2D eigenvalue weighted by molar-refractivity contribution is 7.93. The summed E-state index contributed by atoms with van der Waals surface area (Å²) in [6, 6.07) is 15.2. The van der Waals surface area contributed by atoms with Crippen molar-refractivity contribution in [3.05, 3.63) is 82.7 Å². The zero-order valence-electron chi connectivity index (χ0n) is 19.1. The molecule has 1 aliphatic heterocycles. The van der Waals surface area contributed by atoms with Crippen LogP contribution < -0.4 is 9.62 Å². The molecule has 8 heteroatoms. The number of nitrogens with zero attached hydrogens (tertiary/aromatic N) is 3. The Morgan fingerprint density at radius 2 is 1.76 bits per heavy atom. The molecule has 0 radical (unpaired) electrons. The number of nitrogens with one attached hydrogen (secondary N) is 1. The average Bonchev–Trinajstić information content (AvgIpc) is 3.26. The maximum atomic E-state index is 12.5. The van der Waals surface area contributed by atoms with E-state index in [0.29, 0.717) is 30.9 Å². The number of rotatable bonds is 6. The SMILES string of the molecule is Cc1ccc(Cn2nc(C)c(/C=C/C(=O)Nc3ccc(N4CCCS4(=O)=O)cc3)c2C)cc1. The molecule has 4 rings (SSSR count). The van der Waals surface area contributed by atoms with E-state index in [4.69, 9.17) is 0 Å². The van der Waals surface area contributed by atoms with E-state index in [-0.39, 0.29) is 11.7 Å². The minimum absolute atomic E-state index is 0.177. The lowest BCUT2D eigenvalue weighted by atomic mass is 10.1. The molecule has 2 aromatic carbocycles. The van der Waals surface area contributed by atoms with Gasteiger partial charge in [0.1, 0.15) is 0 Å². The molecule has 1 fully saturated rings. The monoisotopic (exact) mass is 464 g/mol. The van der Waals surface area contributed by atoms with Crippen molar-refractivity contribution in [3.63, 3.8) is 0 Å². The van der Waals surface area contributed by atoms with Crippen molar-refractivity contribution in [2.45, 2.75) is 33.7 Å². The third-order valence-corrected chi connectivity index (χ3v) is 7.68. The van der Waals surface area contributed by atoms with Crippen LogP contribution in [0, 0.1) is 20.8 Å². The number of amides is 1. The predicted molar refractivity (Wildman–Crippen MR) is 132 cm³/mol. The highest BCUT2D eigenvalue weighted by atomic mass is 32.2. The van der Waals surface area contributed by atoms with Crippen LogP contribution >= 0.6 is 0 Å². The Labute approximate surface area is 194 Å². The van der Waals surface area contributed by atoms with Crippen LogP contribution in [0.25, 0.3) is 6.08 Å². The molecule has 172 valence electrons. The quantitative estimate of drug-likeness (QED) is 0.558. The van der Waals surface area contributed by atoms with Crippen molar-refractivity contribution in [1.29, 1.82) is 0 Å². The van der Waals surface area contributed by atoms with E-state index in [9.17, 15) is 13.2 Å². The van der Waals surface area contributed by atoms with Crippen LogP contribution in [-0.4, -0.2) is 36.4 Å². The first-order valence-electron chi connectivity index (χ1n) is 10.9. The maximum Gasteiger partial charge on any atom is 0.248 e. The Balaban J connectivity index is 1.41. The maximum absolute atomic E-state index is 12.5. The first kappa shape index (κ1) is 22.8. The Morgan fingerprint density at radius 1 is 1.06 bits per heavy atom. The lowest BCUT2D eigenvalue weighted by Gasteiger charge is -2.17. The molecule has 2 heterocycles. The molecule has 7 nitrogen and oxygen atoms in total. The van der Waals surface area contributed by atoms with Crippen molar-refractivity contribution in [1.82, 2.24) is 9.78 Å². The normalized spacial score (nSPS) is 15.3. The summed E-state index contributed by atoms with van der Waals surface area (Å²) in [6.45, 7) is 7.16. The number of benzene rings is 2. The third kappa shape index (κ3) is 5.17. The second-order valence-electron chi connectivity index (χ2n) is 8.34. The Morgan fingerprint density at radius 3 is 2.39 bits per heavy atom. The van der Waals surface area contributed by atoms with E-state index in [1.807, 2.05) is 18.5 Å². The summed E-state index contributed by atoms with van der Waals surface area (Å²) >= 11 is 0. The highest BCUT2D eigenvalue weighted by Crippen LogP contribution is 2.25. The highest BCUT2D eigenvalue weighted by Gasteiger charge is 2.28. The molecule has 1 aliphatic rings. The van der Waals surface area contributed by atoms with E-state index >= 15 is 0 Å². The van der Waals surface area contributed by atoms with E-state index < -0.39 is 10.0 Å². The summed E-state index contributed by atoms with van der Waals surface area (Å²) in [5, 5.41) is 7.45. The van der Waals surface area contributed by atoms with Gasteiger partial charge in [0.05, 0.1) is 23.7 Å². The molecule has 0 bridgehead atoms. The molecule has 0 saturated carbocycles. The molecule has 3 aromatic rings. The van der Waals surface area contributed by atoms with Crippen LogP contribution in [0.5, 0.6) is 0 Å². The van der Waals surface area contributed by atoms with Gasteiger partial charge in [0.25, 0.3) is 0 Å². The molecule has 33 heavy (non-hydrogen) atoms. The number of hydrogen-bond acceptors (Lipinski definition) is 4. The van der Waals surface area contributed by atoms with E-state index in [1.165, 1.54) is 21.5 Å². The molecule has 1 saturated heterocycles. The number of anilines is 2. The summed E-state index contributed by atoms with van der Waals surface area (Å²) in [6.07, 6.45) is 3.90. The predicted octanol–water partition coefficient (Wildman–Crippen LogP) is 4.05. The lowest BCUT2D eigenvalue weighted by molar-refractivity contribution is -0.111. The first-order valence-corrected chi connectivity index (χ1v) is 12.5. The molecule has 0 atom stereocenters. The van der Waals surface area contributed by atoms with Crippen LogP contribution in [0.15, 0.2) is 54.6 Å². The van der Waals surface area contributed by atoms with Gasteiger partial charge in [-0.2, -0.15) is 5.10 Å². The Hall–Kier alpha value is -3.39. The standard InChI is InChI=1S/C25H28N4O3S/c1-18-5-7-21(8-6-18)17-28-20(3)24(19(2)27-28)13-14-25(30)26-22-9-11-23(12-10-22)29-15-4-16-33(29,31)32/h5-14H,4,15-17H2,1-3H3,(H,26,30)/b14-13+. The van der Waals surface area contributed by atoms with Crippen LogP contribution in [0.3, 0.4) is 0 Å². The van der Waals surface area contributed by atoms with Gasteiger partial charge >= 0.3 is 0 Å². The largest absolute Gasteiger partial charge is 0.323 e. The van der Waals surface area contributed by atoms with Crippen LogP contribution in [0.1, 0.15) is 34.5 Å². The summed E-state index contributed by atoms with van der Waals surface area (Å²) in [4.78, 5) is 12.5. The topological polar surface area (TPSA) is 84.3 Å². The van der Waals surface area contributed by atoms with Gasteiger partial charge in [0.2, 0.25) is 15.9 Å². The zero-order valence-corrected chi connectivity index (χ0v) is 19.9. The molecule has 1 amide bonds. The number of aryl methyl sites for hydroxylation is 2. The smallest absolute Gasteiger partial charge is 0.248 e. The van der Waals surface area contributed by atoms with Crippen molar-refractivity contribution < 1.29 is 13.2 Å². The second-order valence-corrected chi connectivity index (χ2v) is 10.4. The van der Waals surface area contributed by atoms with Crippen LogP contribution in [0.4, 0.5) is 11.4 Å². The van der Waals surface area contributed by atoms with Crippen LogP contribution in [-0.2, 0) is 21.4 Å². The van der Waals surface area contributed by atoms with Gasteiger partial charge in [-0.15, -0.1) is 0 Å². The molecule has 0 unspecified atom stereocenters. The number of aromatic nitrogens is 2. The fourth-order valence-electron chi connectivity index (χ4n) is 3.96. The molecule has 1 N–H and O–H groups in total. The lowest BCUT2D eigenvalue weighted by Crippen LogP contribution is -2.24. The molecule has 0 spiro atoms. The van der Waals surface area contributed by atoms with Crippen molar-refractivity contribution in [2.24, 2.45) is 0 Å². The molecular weight excluding hydrogens is 436 g/mol. The van der Waals surface area contributed by atoms with E-state index in [1.54, 1.807) is 30.3 Å². The van der Waals surface area contributed by atoms with Gasteiger partial charge in [0.15, 0.2) is 0 Å². The van der Waals surface area contributed by atoms with Gasteiger partial charge in [-0.1, -0.05) is 29.8 Å². The molecule has 0 aliphatic carbocycles. The summed E-state index contributed by atoms with van der Waals surface area (Å²) < 4.78 is 27.5. The number of carbonyl (C=O) groups excluding carboxylic acids is 1. The van der Waals surface area contributed by atoms with Crippen molar-refractivity contribution in [2.75, 3.05) is 21.9 Å². The van der Waals surface area contributed by atoms with E-state index in [0.717, 1.165) is 17.0 Å². The van der Waals surface area contributed by atoms with E-state index in [2.05, 4.69) is 41.6 Å². The fourth-order valence-corrected chi connectivity index (χ4v) is 5.52. The molecule has 1 aromatic heterocycles. The van der Waals surface area contributed by atoms with Gasteiger partial charge in [-0.05, 0) is 63.1 Å². The van der Waals surface area contributed by atoms with Crippen LogP contribution in [0.2, 0.25) is 0 Å². The fraction of sp³-hybridized carbons (Fsp3) is 0.280. The number of sulfonamides is 1. The summed E-state index contributed by atoms with van der Waals surface area (Å²) in [5.41, 5.74) is 6.39. The van der Waals surface area contributed by atoms with Gasteiger partial charge in [-0.25, -0.2) is 8.42 Å². The number of hydrogen-bond donors (Lipinski definition) is 1. The summed E-state index contributed by atoms with van der Waals surface area (Å²) in [5.74, 6) is -0.0851. The van der Waals surface area contributed by atoms with Gasteiger partial charge in [0, 0.05) is 29.6 Å². The minimum Gasteiger partial charge on any atom is -0.323 e. The zero-order chi connectivity index (χ0) is 23.6. The van der Waals surface area contributed by atoms with Crippen molar-refractivity contribution in [3.8, 4) is 0 Å². The minimum atomic E-state index is -3.22. The first-order chi connectivity index (χ1) is 15.7. The van der Waals surface area contributed by atoms with Crippen molar-refractivity contribution >= 4 is 33.4 Å². The Bertz CT molecular complexity index is 1290. The second kappa shape index (κ2) is 9.23. The van der Waals surface area contributed by atoms with Gasteiger partial charge in [-0.3, -0.25) is 13.8 Å². The third-order valence-electron chi connectivity index (χ3n) is 5.81. The Kier molecular flexibility index (Phi) is 6.37. The summed E-state index contributed by atoms with van der Waals surface area (Å²) in [7, 11) is -3.22. The van der Waals surface area contributed by atoms with Gasteiger partial charge < -0.3 is 5.32 Å². The number of carbonyl (C=O) groups is 1. The molecular formula is C25H28N4O3S.